The Morgan fingerprint density at radius 3 is 2.74 bits per heavy atom. The molecule has 1 aromatic heterocycles. The molecule has 1 N–H and O–H groups in total. The molecule has 2 aromatic rings. The van der Waals surface area contributed by atoms with Gasteiger partial charge >= 0.3 is 0 Å². The molecule has 2 rings (SSSR count). The number of hydrogen-bond acceptors (Lipinski definition) is 2. The molecule has 0 radical (unpaired) electrons. The monoisotopic (exact) mass is 321 g/mol. The third-order valence-electron chi connectivity index (χ3n) is 3.06. The molecule has 1 aromatic carbocycles. The molecule has 0 aliphatic rings. The van der Waals surface area contributed by atoms with Crippen molar-refractivity contribution in [3.63, 3.8) is 0 Å². The van der Waals surface area contributed by atoms with Crippen LogP contribution >= 0.6 is 15.9 Å². The summed E-state index contributed by atoms with van der Waals surface area (Å²) in [4.78, 5) is 0. The summed E-state index contributed by atoms with van der Waals surface area (Å²) in [6.45, 7) is 8.24. The van der Waals surface area contributed by atoms with E-state index in [9.17, 15) is 0 Å². The van der Waals surface area contributed by atoms with Crippen molar-refractivity contribution in [1.82, 2.24) is 15.1 Å². The van der Waals surface area contributed by atoms with Crippen molar-refractivity contribution in [3.8, 4) is 5.69 Å². The van der Waals surface area contributed by atoms with E-state index in [2.05, 4.69) is 71.4 Å². The first-order valence-corrected chi connectivity index (χ1v) is 7.46. The molecule has 0 spiro atoms. The number of rotatable bonds is 5. The van der Waals surface area contributed by atoms with Gasteiger partial charge in [0.1, 0.15) is 0 Å². The number of hydrogen-bond donors (Lipinski definition) is 1. The van der Waals surface area contributed by atoms with Crippen molar-refractivity contribution >= 4 is 15.9 Å². The minimum atomic E-state index is 0.453. The Morgan fingerprint density at radius 2 is 2.11 bits per heavy atom. The molecular formula is C15H20BrN3. The van der Waals surface area contributed by atoms with Crippen LogP contribution in [0, 0.1) is 0 Å². The predicted octanol–water partition coefficient (Wildman–Crippen LogP) is 3.87. The van der Waals surface area contributed by atoms with Crippen LogP contribution in [0.4, 0.5) is 0 Å². The first-order chi connectivity index (χ1) is 9.11. The van der Waals surface area contributed by atoms with Crippen LogP contribution in [0.2, 0.25) is 0 Å². The Balaban J connectivity index is 2.36. The topological polar surface area (TPSA) is 29.9 Å². The van der Waals surface area contributed by atoms with Gasteiger partial charge in [0.2, 0.25) is 0 Å². The molecule has 0 saturated carbocycles. The molecule has 0 aliphatic heterocycles. The van der Waals surface area contributed by atoms with E-state index >= 15 is 0 Å². The van der Waals surface area contributed by atoms with E-state index in [0.717, 1.165) is 28.9 Å². The summed E-state index contributed by atoms with van der Waals surface area (Å²) in [5.41, 5.74) is 3.50. The first kappa shape index (κ1) is 14.3. The second-order valence-corrected chi connectivity index (χ2v) is 5.81. The average molecular weight is 322 g/mol. The Hall–Kier alpha value is -1.13. The zero-order valence-corrected chi connectivity index (χ0v) is 13.2. The largest absolute Gasteiger partial charge is 0.313 e. The van der Waals surface area contributed by atoms with Gasteiger partial charge in [-0.05, 0) is 42.3 Å². The van der Waals surface area contributed by atoms with Crippen LogP contribution in [0.25, 0.3) is 5.69 Å². The number of nitrogens with zero attached hydrogens (tertiary/aromatic N) is 2. The van der Waals surface area contributed by atoms with E-state index in [1.54, 1.807) is 0 Å². The lowest BCUT2D eigenvalue weighted by molar-refractivity contribution is 0.711. The van der Waals surface area contributed by atoms with Crippen LogP contribution in [0.5, 0.6) is 0 Å². The summed E-state index contributed by atoms with van der Waals surface area (Å²) in [6, 6.07) is 8.40. The molecule has 0 fully saturated rings. The minimum Gasteiger partial charge on any atom is -0.313 e. The van der Waals surface area contributed by atoms with Gasteiger partial charge in [0.15, 0.2) is 0 Å². The Labute approximate surface area is 123 Å². The van der Waals surface area contributed by atoms with E-state index in [-0.39, 0.29) is 0 Å². The molecule has 19 heavy (non-hydrogen) atoms. The standard InChI is InChI=1S/C15H20BrN3/c1-4-17-10-12-9-13(16)5-6-15(12)19-8-7-14(18-19)11(2)3/h5-9,11,17H,4,10H2,1-3H3. The highest BCUT2D eigenvalue weighted by Gasteiger charge is 2.09. The molecule has 0 amide bonds. The van der Waals surface area contributed by atoms with Crippen LogP contribution < -0.4 is 5.32 Å². The van der Waals surface area contributed by atoms with Gasteiger partial charge in [-0.25, -0.2) is 4.68 Å². The fraction of sp³-hybridized carbons (Fsp3) is 0.400. The zero-order chi connectivity index (χ0) is 13.8. The fourth-order valence-corrected chi connectivity index (χ4v) is 2.37. The van der Waals surface area contributed by atoms with E-state index in [1.165, 1.54) is 5.56 Å². The second-order valence-electron chi connectivity index (χ2n) is 4.89. The van der Waals surface area contributed by atoms with Crippen molar-refractivity contribution in [2.45, 2.75) is 33.2 Å². The van der Waals surface area contributed by atoms with Gasteiger partial charge in [0.25, 0.3) is 0 Å². The van der Waals surface area contributed by atoms with Gasteiger partial charge in [-0.3, -0.25) is 0 Å². The highest BCUT2D eigenvalue weighted by Crippen LogP contribution is 2.21. The highest BCUT2D eigenvalue weighted by molar-refractivity contribution is 9.10. The lowest BCUT2D eigenvalue weighted by Gasteiger charge is -2.11. The maximum Gasteiger partial charge on any atom is 0.0691 e. The molecule has 0 atom stereocenters. The summed E-state index contributed by atoms with van der Waals surface area (Å²) in [6.07, 6.45) is 2.04. The average Bonchev–Trinajstić information content (AvgIpc) is 2.86. The molecular weight excluding hydrogens is 302 g/mol. The van der Waals surface area contributed by atoms with Gasteiger partial charge in [-0.2, -0.15) is 5.10 Å². The molecule has 1 heterocycles. The van der Waals surface area contributed by atoms with Crippen molar-refractivity contribution in [1.29, 1.82) is 0 Å². The summed E-state index contributed by atoms with van der Waals surface area (Å²) >= 11 is 3.53. The predicted molar refractivity (Wildman–Crippen MR) is 82.7 cm³/mol. The SMILES string of the molecule is CCNCc1cc(Br)ccc1-n1ccc(C(C)C)n1. The number of halogens is 1. The molecule has 3 nitrogen and oxygen atoms in total. The molecule has 0 unspecified atom stereocenters. The van der Waals surface area contributed by atoms with E-state index < -0.39 is 0 Å². The van der Waals surface area contributed by atoms with Crippen LogP contribution in [0.3, 0.4) is 0 Å². The maximum atomic E-state index is 4.65. The van der Waals surface area contributed by atoms with Gasteiger partial charge in [0.05, 0.1) is 11.4 Å². The van der Waals surface area contributed by atoms with E-state index in [1.807, 2.05) is 10.9 Å². The van der Waals surface area contributed by atoms with Crippen molar-refractivity contribution in [3.05, 3.63) is 46.2 Å². The smallest absolute Gasteiger partial charge is 0.0691 e. The van der Waals surface area contributed by atoms with Gasteiger partial charge in [-0.1, -0.05) is 36.7 Å². The molecule has 4 heteroatoms. The molecule has 0 saturated heterocycles. The summed E-state index contributed by atoms with van der Waals surface area (Å²) in [5.74, 6) is 0.453. The fourth-order valence-electron chi connectivity index (χ4n) is 1.96. The van der Waals surface area contributed by atoms with Crippen molar-refractivity contribution < 1.29 is 0 Å². The van der Waals surface area contributed by atoms with Gasteiger partial charge in [-0.15, -0.1) is 0 Å². The highest BCUT2D eigenvalue weighted by atomic mass is 79.9. The molecule has 0 aliphatic carbocycles. The summed E-state index contributed by atoms with van der Waals surface area (Å²) in [7, 11) is 0. The number of nitrogens with one attached hydrogen (secondary N) is 1. The normalized spacial score (nSPS) is 11.2. The van der Waals surface area contributed by atoms with Crippen molar-refractivity contribution in [2.75, 3.05) is 6.54 Å². The lowest BCUT2D eigenvalue weighted by Crippen LogP contribution is -2.14. The number of benzene rings is 1. The maximum absolute atomic E-state index is 4.65. The van der Waals surface area contributed by atoms with Crippen LogP contribution in [0.1, 0.15) is 37.9 Å². The summed E-state index contributed by atoms with van der Waals surface area (Å²) in [5, 5.41) is 8.02. The van der Waals surface area contributed by atoms with Crippen LogP contribution in [0.15, 0.2) is 34.9 Å². The summed E-state index contributed by atoms with van der Waals surface area (Å²) < 4.78 is 3.06. The Bertz CT molecular complexity index is 546. The zero-order valence-electron chi connectivity index (χ0n) is 11.7. The quantitative estimate of drug-likeness (QED) is 0.906. The molecule has 0 bridgehead atoms. The number of aromatic nitrogens is 2. The van der Waals surface area contributed by atoms with E-state index in [0.29, 0.717) is 5.92 Å². The van der Waals surface area contributed by atoms with E-state index in [4.69, 9.17) is 0 Å². The second kappa shape index (κ2) is 6.35. The Morgan fingerprint density at radius 1 is 1.32 bits per heavy atom. The third-order valence-corrected chi connectivity index (χ3v) is 3.55. The van der Waals surface area contributed by atoms with Crippen molar-refractivity contribution in [2.24, 2.45) is 0 Å². The van der Waals surface area contributed by atoms with Gasteiger partial charge < -0.3 is 5.32 Å². The van der Waals surface area contributed by atoms with Crippen LogP contribution in [-0.4, -0.2) is 16.3 Å². The third kappa shape index (κ3) is 3.45. The minimum absolute atomic E-state index is 0.453. The van der Waals surface area contributed by atoms with Crippen LogP contribution in [-0.2, 0) is 6.54 Å². The van der Waals surface area contributed by atoms with Gasteiger partial charge in [0, 0.05) is 17.2 Å². The Kier molecular flexibility index (Phi) is 4.77. The molecule has 102 valence electrons. The lowest BCUT2D eigenvalue weighted by atomic mass is 10.1. The first-order valence-electron chi connectivity index (χ1n) is 6.67.